The molecule has 2 saturated heterocycles. The zero-order valence-corrected chi connectivity index (χ0v) is 12.9. The quantitative estimate of drug-likeness (QED) is 0.915. The van der Waals surface area contributed by atoms with Gasteiger partial charge in [0, 0.05) is 25.1 Å². The molecule has 1 N–H and O–H groups in total. The summed E-state index contributed by atoms with van der Waals surface area (Å²) < 4.78 is 55.8. The van der Waals surface area contributed by atoms with Gasteiger partial charge < -0.3 is 19.5 Å². The lowest BCUT2D eigenvalue weighted by molar-refractivity contribution is -0.209. The third kappa shape index (κ3) is 3.64. The van der Waals surface area contributed by atoms with Gasteiger partial charge in [0.1, 0.15) is 6.10 Å². The Balaban J connectivity index is 1.62. The molecule has 8 heteroatoms. The molecule has 0 amide bonds. The van der Waals surface area contributed by atoms with Gasteiger partial charge in [-0.1, -0.05) is 0 Å². The number of nitrogens with one attached hydrogen (secondary N) is 1. The highest BCUT2D eigenvalue weighted by atomic mass is 19.4. The molecule has 1 atom stereocenters. The maximum atomic E-state index is 13.0. The number of halogens is 3. The molecule has 0 radical (unpaired) electrons. The first-order valence-corrected chi connectivity index (χ1v) is 7.67. The number of nitriles is 1. The first kappa shape index (κ1) is 17.0. The van der Waals surface area contributed by atoms with Crippen molar-refractivity contribution in [2.24, 2.45) is 0 Å². The van der Waals surface area contributed by atoms with E-state index in [2.05, 4.69) is 5.32 Å². The van der Waals surface area contributed by atoms with Crippen LogP contribution in [0.5, 0.6) is 0 Å². The summed E-state index contributed by atoms with van der Waals surface area (Å²) in [6.45, 7) is 1.86. The van der Waals surface area contributed by atoms with Crippen LogP contribution in [0.4, 0.5) is 18.9 Å². The molecule has 0 aromatic heterocycles. The van der Waals surface area contributed by atoms with Crippen molar-refractivity contribution in [1.82, 2.24) is 0 Å². The number of hydrogen-bond acceptors (Lipinski definition) is 5. The monoisotopic (exact) mass is 342 g/mol. The van der Waals surface area contributed by atoms with Gasteiger partial charge in [0.25, 0.3) is 0 Å². The molecule has 130 valence electrons. The third-order valence-electron chi connectivity index (χ3n) is 4.15. The van der Waals surface area contributed by atoms with E-state index in [1.165, 1.54) is 6.07 Å². The van der Waals surface area contributed by atoms with Crippen LogP contribution in [0.3, 0.4) is 0 Å². The van der Waals surface area contributed by atoms with Crippen molar-refractivity contribution >= 4 is 5.69 Å². The van der Waals surface area contributed by atoms with E-state index in [9.17, 15) is 13.2 Å². The van der Waals surface area contributed by atoms with Gasteiger partial charge in [-0.3, -0.25) is 0 Å². The molecule has 5 nitrogen and oxygen atoms in total. The Hall–Kier alpha value is -1.82. The molecule has 24 heavy (non-hydrogen) atoms. The summed E-state index contributed by atoms with van der Waals surface area (Å²) in [4.78, 5) is 0. The lowest BCUT2D eigenvalue weighted by Crippen LogP contribution is -2.38. The van der Waals surface area contributed by atoms with Crippen molar-refractivity contribution in [3.63, 3.8) is 0 Å². The lowest BCUT2D eigenvalue weighted by atomic mass is 10.1. The maximum Gasteiger partial charge on any atom is 0.417 e. The van der Waals surface area contributed by atoms with Crippen molar-refractivity contribution in [2.75, 3.05) is 31.7 Å². The minimum atomic E-state index is -4.57. The Labute approximate surface area is 137 Å². The zero-order chi connectivity index (χ0) is 17.2. The van der Waals surface area contributed by atoms with Gasteiger partial charge in [-0.05, 0) is 18.2 Å². The first-order chi connectivity index (χ1) is 11.4. The van der Waals surface area contributed by atoms with E-state index in [0.29, 0.717) is 39.2 Å². The maximum absolute atomic E-state index is 13.0. The van der Waals surface area contributed by atoms with Gasteiger partial charge in [-0.2, -0.15) is 18.4 Å². The minimum Gasteiger partial charge on any atom is -0.382 e. The van der Waals surface area contributed by atoms with E-state index in [0.717, 1.165) is 12.1 Å². The fourth-order valence-electron chi connectivity index (χ4n) is 2.88. The third-order valence-corrected chi connectivity index (χ3v) is 4.15. The van der Waals surface area contributed by atoms with Gasteiger partial charge >= 0.3 is 6.18 Å². The van der Waals surface area contributed by atoms with Crippen LogP contribution in [0.1, 0.15) is 24.0 Å². The molecule has 2 aliphatic rings. The van der Waals surface area contributed by atoms with Gasteiger partial charge in [-0.15, -0.1) is 0 Å². The summed E-state index contributed by atoms with van der Waals surface area (Å²) in [5.41, 5.74) is -1.05. The number of benzene rings is 1. The Bertz CT molecular complexity index is 636. The summed E-state index contributed by atoms with van der Waals surface area (Å²) in [6.07, 6.45) is -3.51. The average Bonchev–Trinajstić information content (AvgIpc) is 2.95. The molecule has 0 aliphatic carbocycles. The van der Waals surface area contributed by atoms with Gasteiger partial charge in [0.05, 0.1) is 37.0 Å². The predicted molar refractivity (Wildman–Crippen MR) is 78.3 cm³/mol. The second kappa shape index (κ2) is 6.59. The number of nitrogens with zero attached hydrogens (tertiary/aromatic N) is 1. The Morgan fingerprint density at radius 2 is 2.04 bits per heavy atom. The van der Waals surface area contributed by atoms with Crippen LogP contribution in [-0.2, 0) is 20.4 Å². The molecule has 0 unspecified atom stereocenters. The van der Waals surface area contributed by atoms with E-state index < -0.39 is 23.1 Å². The van der Waals surface area contributed by atoms with Gasteiger partial charge in [0.15, 0.2) is 5.79 Å². The van der Waals surface area contributed by atoms with Crippen molar-refractivity contribution in [3.8, 4) is 6.07 Å². The van der Waals surface area contributed by atoms with Crippen LogP contribution in [0.25, 0.3) is 0 Å². The Morgan fingerprint density at radius 1 is 1.29 bits per heavy atom. The van der Waals surface area contributed by atoms with E-state index in [1.54, 1.807) is 6.07 Å². The highest BCUT2D eigenvalue weighted by molar-refractivity contribution is 5.53. The molecular weight excluding hydrogens is 325 g/mol. The van der Waals surface area contributed by atoms with E-state index in [-0.39, 0.29) is 11.8 Å². The summed E-state index contributed by atoms with van der Waals surface area (Å²) in [7, 11) is 0. The number of alkyl halides is 3. The fraction of sp³-hybridized carbons (Fsp3) is 0.562. The second-order valence-corrected chi connectivity index (χ2v) is 5.82. The standard InChI is InChI=1S/C16H17F3N2O3/c17-16(18,19)14-7-12(2-1-11(14)8-20)21-9-13-10-23-15(24-13)3-5-22-6-4-15/h1-2,7,13,21H,3-6,9-10H2/t13-/m1/s1. The molecule has 1 aromatic carbocycles. The average molecular weight is 342 g/mol. The van der Waals surface area contributed by atoms with Crippen LogP contribution in [0.15, 0.2) is 18.2 Å². The molecule has 2 fully saturated rings. The number of rotatable bonds is 3. The molecule has 2 aliphatic heterocycles. The second-order valence-electron chi connectivity index (χ2n) is 5.82. The largest absolute Gasteiger partial charge is 0.417 e. The highest BCUT2D eigenvalue weighted by Gasteiger charge is 2.42. The van der Waals surface area contributed by atoms with Crippen LogP contribution < -0.4 is 5.32 Å². The van der Waals surface area contributed by atoms with Crippen LogP contribution in [0.2, 0.25) is 0 Å². The van der Waals surface area contributed by atoms with Crippen molar-refractivity contribution in [3.05, 3.63) is 29.3 Å². The van der Waals surface area contributed by atoms with Crippen LogP contribution in [-0.4, -0.2) is 38.3 Å². The van der Waals surface area contributed by atoms with Crippen molar-refractivity contribution in [1.29, 1.82) is 5.26 Å². The minimum absolute atomic E-state index is 0.243. The fourth-order valence-corrected chi connectivity index (χ4v) is 2.88. The molecular formula is C16H17F3N2O3. The molecule has 1 aromatic rings. The zero-order valence-electron chi connectivity index (χ0n) is 12.9. The van der Waals surface area contributed by atoms with Crippen LogP contribution in [0, 0.1) is 11.3 Å². The number of anilines is 1. The molecule has 0 saturated carbocycles. The first-order valence-electron chi connectivity index (χ1n) is 7.67. The summed E-state index contributed by atoms with van der Waals surface area (Å²) >= 11 is 0. The Morgan fingerprint density at radius 3 is 2.71 bits per heavy atom. The van der Waals surface area contributed by atoms with E-state index in [4.69, 9.17) is 19.5 Å². The summed E-state index contributed by atoms with van der Waals surface area (Å²) in [6, 6.07) is 5.12. The lowest BCUT2D eigenvalue weighted by Gasteiger charge is -2.31. The van der Waals surface area contributed by atoms with Crippen molar-refractivity contribution < 1.29 is 27.4 Å². The van der Waals surface area contributed by atoms with E-state index >= 15 is 0 Å². The number of hydrogen-bond donors (Lipinski definition) is 1. The number of ether oxygens (including phenoxy) is 3. The van der Waals surface area contributed by atoms with Crippen molar-refractivity contribution in [2.45, 2.75) is 30.9 Å². The van der Waals surface area contributed by atoms with Gasteiger partial charge in [-0.25, -0.2) is 0 Å². The topological polar surface area (TPSA) is 63.5 Å². The molecule has 0 bridgehead atoms. The summed E-state index contributed by atoms with van der Waals surface area (Å²) in [5, 5.41) is 11.7. The summed E-state index contributed by atoms with van der Waals surface area (Å²) in [5.74, 6) is -0.619. The SMILES string of the molecule is N#Cc1ccc(NC[C@@H]2COC3(CCOCC3)O2)cc1C(F)(F)F. The normalized spacial score (nSPS) is 23.2. The smallest absolute Gasteiger partial charge is 0.382 e. The van der Waals surface area contributed by atoms with E-state index in [1.807, 2.05) is 0 Å². The highest BCUT2D eigenvalue weighted by Crippen LogP contribution is 2.35. The van der Waals surface area contributed by atoms with Gasteiger partial charge in [0.2, 0.25) is 0 Å². The predicted octanol–water partition coefficient (Wildman–Crippen LogP) is 2.91. The Kier molecular flexibility index (Phi) is 4.67. The van der Waals surface area contributed by atoms with Crippen LogP contribution >= 0.6 is 0 Å². The molecule has 3 rings (SSSR count). The molecule has 1 spiro atoms. The molecule has 2 heterocycles.